The Morgan fingerprint density at radius 2 is 1.96 bits per heavy atom. The first kappa shape index (κ1) is 19.1. The van der Waals surface area contributed by atoms with Gasteiger partial charge in [-0.05, 0) is 55.1 Å². The summed E-state index contributed by atoms with van der Waals surface area (Å²) < 4.78 is 0. The van der Waals surface area contributed by atoms with E-state index < -0.39 is 0 Å². The number of carbonyl (C=O) groups is 1. The number of hydrogen-bond donors (Lipinski definition) is 1. The van der Waals surface area contributed by atoms with Gasteiger partial charge in [-0.3, -0.25) is 4.79 Å². The molecule has 2 unspecified atom stereocenters. The molecule has 1 N–H and O–H groups in total. The Kier molecular flexibility index (Phi) is 6.56. The van der Waals surface area contributed by atoms with Crippen molar-refractivity contribution in [2.45, 2.75) is 65.6 Å². The first-order chi connectivity index (χ1) is 11.4. The van der Waals surface area contributed by atoms with Crippen molar-refractivity contribution in [2.24, 2.45) is 5.92 Å². The molecular formula is C21H30O2S. The molecule has 3 heteroatoms. The lowest BCUT2D eigenvalue weighted by atomic mass is 9.79. The summed E-state index contributed by atoms with van der Waals surface area (Å²) in [5.41, 5.74) is 5.02. The zero-order valence-electron chi connectivity index (χ0n) is 15.6. The molecular weight excluding hydrogens is 316 g/mol. The summed E-state index contributed by atoms with van der Waals surface area (Å²) in [6.45, 7) is 10.6. The van der Waals surface area contributed by atoms with Crippen molar-refractivity contribution in [1.29, 1.82) is 0 Å². The summed E-state index contributed by atoms with van der Waals surface area (Å²) in [5, 5.41) is 11.2. The maximum atomic E-state index is 12.8. The van der Waals surface area contributed by atoms with Crippen molar-refractivity contribution in [3.8, 4) is 0 Å². The fourth-order valence-electron chi connectivity index (χ4n) is 3.94. The second-order valence-corrected chi connectivity index (χ2v) is 8.71. The molecule has 1 aliphatic carbocycles. The van der Waals surface area contributed by atoms with Crippen molar-refractivity contribution in [3.05, 3.63) is 40.1 Å². The Morgan fingerprint density at radius 1 is 1.25 bits per heavy atom. The molecule has 2 atom stereocenters. The lowest BCUT2D eigenvalue weighted by Crippen LogP contribution is -2.22. The van der Waals surface area contributed by atoms with Gasteiger partial charge in [0.25, 0.3) is 0 Å². The summed E-state index contributed by atoms with van der Waals surface area (Å²) in [5.74, 6) is 1.77. The first-order valence-electron chi connectivity index (χ1n) is 9.04. The average Bonchev–Trinajstić information content (AvgIpc) is 2.48. The number of hydrogen-bond acceptors (Lipinski definition) is 3. The van der Waals surface area contributed by atoms with Gasteiger partial charge in [-0.2, -0.15) is 11.8 Å². The van der Waals surface area contributed by atoms with Crippen LogP contribution in [0.2, 0.25) is 0 Å². The lowest BCUT2D eigenvalue weighted by Gasteiger charge is -2.27. The third-order valence-electron chi connectivity index (χ3n) is 4.83. The van der Waals surface area contributed by atoms with Gasteiger partial charge in [-0.1, -0.05) is 38.5 Å². The fraction of sp³-hybridized carbons (Fsp3) is 0.571. The predicted molar refractivity (Wildman–Crippen MR) is 105 cm³/mol. The molecule has 132 valence electrons. The van der Waals surface area contributed by atoms with Gasteiger partial charge in [-0.25, -0.2) is 0 Å². The van der Waals surface area contributed by atoms with E-state index in [0.29, 0.717) is 29.4 Å². The fourth-order valence-corrected chi connectivity index (χ4v) is 4.91. The lowest BCUT2D eigenvalue weighted by molar-refractivity contribution is -0.115. The van der Waals surface area contributed by atoms with Crippen LogP contribution in [0, 0.1) is 19.8 Å². The molecule has 2 rings (SSSR count). The second kappa shape index (κ2) is 8.24. The molecule has 1 aromatic carbocycles. The maximum Gasteiger partial charge on any atom is 0.167 e. The van der Waals surface area contributed by atoms with Gasteiger partial charge in [-0.15, -0.1) is 0 Å². The summed E-state index contributed by atoms with van der Waals surface area (Å²) in [6, 6.07) is 4.25. The number of ketones is 1. The van der Waals surface area contributed by atoms with E-state index in [1.54, 1.807) is 0 Å². The van der Waals surface area contributed by atoms with Gasteiger partial charge in [0.15, 0.2) is 5.78 Å². The quantitative estimate of drug-likeness (QED) is 0.723. The molecule has 2 nitrogen and oxygen atoms in total. The van der Waals surface area contributed by atoms with E-state index in [2.05, 4.69) is 39.8 Å². The first-order valence-corrected chi connectivity index (χ1v) is 10.1. The molecule has 0 fully saturated rings. The monoisotopic (exact) mass is 346 g/mol. The highest BCUT2D eigenvalue weighted by atomic mass is 32.2. The zero-order valence-corrected chi connectivity index (χ0v) is 16.4. The van der Waals surface area contributed by atoms with Crippen LogP contribution in [0.15, 0.2) is 17.9 Å². The Balaban J connectivity index is 2.33. The molecule has 0 heterocycles. The highest BCUT2D eigenvalue weighted by molar-refractivity contribution is 7.99. The van der Waals surface area contributed by atoms with Crippen molar-refractivity contribution < 1.29 is 9.90 Å². The van der Waals surface area contributed by atoms with Gasteiger partial charge in [0.05, 0.1) is 5.57 Å². The summed E-state index contributed by atoms with van der Waals surface area (Å²) in [4.78, 5) is 12.8. The van der Waals surface area contributed by atoms with Crippen LogP contribution in [-0.2, 0) is 11.2 Å². The van der Waals surface area contributed by atoms with E-state index in [1.807, 2.05) is 18.7 Å². The van der Waals surface area contributed by atoms with Gasteiger partial charge >= 0.3 is 0 Å². The number of aryl methyl sites for hydroxylation is 3. The Morgan fingerprint density at radius 3 is 2.54 bits per heavy atom. The van der Waals surface area contributed by atoms with Gasteiger partial charge in [0.2, 0.25) is 0 Å². The number of aliphatic hydroxyl groups excluding tert-OH is 1. The van der Waals surface area contributed by atoms with Crippen molar-refractivity contribution >= 4 is 23.1 Å². The van der Waals surface area contributed by atoms with Crippen molar-refractivity contribution in [2.75, 3.05) is 5.75 Å². The normalized spacial score (nSPS) is 19.7. The predicted octanol–water partition coefficient (Wildman–Crippen LogP) is 5.65. The van der Waals surface area contributed by atoms with Gasteiger partial charge in [0.1, 0.15) is 5.76 Å². The largest absolute Gasteiger partial charge is 0.512 e. The zero-order chi connectivity index (χ0) is 17.9. The van der Waals surface area contributed by atoms with E-state index in [1.165, 1.54) is 5.56 Å². The standard InChI is InChI=1S/C21H30O2S/c1-6-17-9-13(3)8-14(4)20(17)21-18(22)11-16(12-19(21)23)10-15(5)24-7-2/h8-9,15-16,22H,6-7,10-12H2,1-5H3. The molecule has 0 saturated heterocycles. The molecule has 0 amide bonds. The summed E-state index contributed by atoms with van der Waals surface area (Å²) in [7, 11) is 0. The van der Waals surface area contributed by atoms with Crippen LogP contribution < -0.4 is 0 Å². The van der Waals surface area contributed by atoms with Crippen LogP contribution in [0.25, 0.3) is 5.57 Å². The molecule has 24 heavy (non-hydrogen) atoms. The van der Waals surface area contributed by atoms with Crippen molar-refractivity contribution in [3.63, 3.8) is 0 Å². The minimum atomic E-state index is 0.110. The van der Waals surface area contributed by atoms with E-state index in [4.69, 9.17) is 0 Å². The molecule has 0 radical (unpaired) electrons. The van der Waals surface area contributed by atoms with Crippen LogP contribution in [0.5, 0.6) is 0 Å². The molecule has 0 aliphatic heterocycles. The van der Waals surface area contributed by atoms with Crippen LogP contribution in [0.1, 0.15) is 62.3 Å². The minimum absolute atomic E-state index is 0.110. The SMILES string of the molecule is CCSC(C)CC1CC(=O)C(c2c(C)cc(C)cc2CC)=C(O)C1. The second-order valence-electron chi connectivity index (χ2n) is 6.99. The molecule has 0 bridgehead atoms. The summed E-state index contributed by atoms with van der Waals surface area (Å²) >= 11 is 1.93. The number of carbonyl (C=O) groups excluding carboxylic acids is 1. The summed E-state index contributed by atoms with van der Waals surface area (Å²) in [6.07, 6.45) is 3.06. The molecule has 0 aromatic heterocycles. The van der Waals surface area contributed by atoms with Crippen LogP contribution >= 0.6 is 11.8 Å². The molecule has 0 spiro atoms. The van der Waals surface area contributed by atoms with Crippen LogP contribution in [-0.4, -0.2) is 21.9 Å². The highest BCUT2D eigenvalue weighted by Crippen LogP contribution is 2.38. The topological polar surface area (TPSA) is 37.3 Å². The maximum absolute atomic E-state index is 12.8. The molecule has 1 aromatic rings. The van der Waals surface area contributed by atoms with Crippen LogP contribution in [0.3, 0.4) is 0 Å². The number of benzene rings is 1. The number of thioether (sulfide) groups is 1. The Labute approximate surface area is 150 Å². The van der Waals surface area contributed by atoms with Gasteiger partial charge in [0, 0.05) is 18.1 Å². The van der Waals surface area contributed by atoms with Crippen molar-refractivity contribution in [1.82, 2.24) is 0 Å². The minimum Gasteiger partial charge on any atom is -0.512 e. The smallest absolute Gasteiger partial charge is 0.167 e. The number of allylic oxidation sites excluding steroid dienone is 2. The number of rotatable bonds is 6. The van der Waals surface area contributed by atoms with E-state index >= 15 is 0 Å². The third-order valence-corrected chi connectivity index (χ3v) is 5.93. The highest BCUT2D eigenvalue weighted by Gasteiger charge is 2.31. The van der Waals surface area contributed by atoms with E-state index in [-0.39, 0.29) is 11.7 Å². The average molecular weight is 347 g/mol. The Hall–Kier alpha value is -1.22. The molecule has 1 aliphatic rings. The van der Waals surface area contributed by atoms with Gasteiger partial charge < -0.3 is 5.11 Å². The molecule has 0 saturated carbocycles. The third kappa shape index (κ3) is 4.24. The Bertz CT molecular complexity index is 645. The van der Waals surface area contributed by atoms with Crippen LogP contribution in [0.4, 0.5) is 0 Å². The number of Topliss-reactive ketones (excluding diaryl/α,β-unsaturated/α-hetero) is 1. The van der Waals surface area contributed by atoms with E-state index in [0.717, 1.165) is 35.3 Å². The number of aliphatic hydroxyl groups is 1. The van der Waals surface area contributed by atoms with E-state index in [9.17, 15) is 9.90 Å².